The third-order valence-corrected chi connectivity index (χ3v) is 3.40. The number of pyridine rings is 1. The van der Waals surface area contributed by atoms with Crippen LogP contribution in [0.3, 0.4) is 0 Å². The predicted molar refractivity (Wildman–Crippen MR) is 79.0 cm³/mol. The number of amides is 1. The first-order chi connectivity index (χ1) is 9.08. The lowest BCUT2D eigenvalue weighted by atomic mass is 10.0. The molecule has 1 aromatic carbocycles. The summed E-state index contributed by atoms with van der Waals surface area (Å²) >= 11 is 3.31. The molecule has 1 heterocycles. The molecule has 2 rings (SSSR count). The molecule has 0 saturated carbocycles. The molecule has 0 saturated heterocycles. The molecule has 0 aliphatic carbocycles. The van der Waals surface area contributed by atoms with Gasteiger partial charge in [-0.15, -0.1) is 0 Å². The lowest BCUT2D eigenvalue weighted by Gasteiger charge is -2.16. The Balaban J connectivity index is 2.13. The maximum Gasteiger partial charge on any atom is 0.253 e. The van der Waals surface area contributed by atoms with Crippen LogP contribution in [-0.4, -0.2) is 10.9 Å². The van der Waals surface area contributed by atoms with Crippen LogP contribution < -0.4 is 5.32 Å². The maximum absolute atomic E-state index is 12.1. The van der Waals surface area contributed by atoms with Crippen molar-refractivity contribution in [1.82, 2.24) is 10.3 Å². The fraction of sp³-hybridized carbons (Fsp3) is 0.200. The Bertz CT molecular complexity index is 598. The standard InChI is InChI=1S/C15H15BrN2O/c1-10-5-3-4-6-14(10)11(2)18-15(19)12-7-13(16)9-17-8-12/h3-9,11H,1-2H3,(H,18,19). The number of carbonyl (C=O) groups is 1. The normalized spacial score (nSPS) is 11.9. The van der Waals surface area contributed by atoms with Crippen molar-refractivity contribution < 1.29 is 4.79 Å². The van der Waals surface area contributed by atoms with Crippen molar-refractivity contribution in [3.8, 4) is 0 Å². The van der Waals surface area contributed by atoms with Crippen molar-refractivity contribution >= 4 is 21.8 Å². The van der Waals surface area contributed by atoms with E-state index in [1.807, 2.05) is 38.1 Å². The van der Waals surface area contributed by atoms with Gasteiger partial charge in [-0.25, -0.2) is 0 Å². The van der Waals surface area contributed by atoms with Gasteiger partial charge in [0.05, 0.1) is 11.6 Å². The molecule has 0 radical (unpaired) electrons. The van der Waals surface area contributed by atoms with E-state index in [4.69, 9.17) is 0 Å². The lowest BCUT2D eigenvalue weighted by molar-refractivity contribution is 0.0939. The first-order valence-corrected chi connectivity index (χ1v) is 6.84. The number of hydrogen-bond donors (Lipinski definition) is 1. The highest BCUT2D eigenvalue weighted by molar-refractivity contribution is 9.10. The van der Waals surface area contributed by atoms with E-state index in [9.17, 15) is 4.79 Å². The Hall–Kier alpha value is -1.68. The van der Waals surface area contributed by atoms with Crippen LogP contribution in [0, 0.1) is 6.92 Å². The van der Waals surface area contributed by atoms with Crippen LogP contribution in [0.2, 0.25) is 0 Å². The zero-order chi connectivity index (χ0) is 13.8. The van der Waals surface area contributed by atoms with Gasteiger partial charge in [0, 0.05) is 16.9 Å². The van der Waals surface area contributed by atoms with Gasteiger partial charge < -0.3 is 5.32 Å². The Kier molecular flexibility index (Phi) is 4.32. The molecule has 0 aliphatic rings. The SMILES string of the molecule is Cc1ccccc1C(C)NC(=O)c1cncc(Br)c1. The summed E-state index contributed by atoms with van der Waals surface area (Å²) in [5, 5.41) is 2.98. The third kappa shape index (κ3) is 3.41. The van der Waals surface area contributed by atoms with Gasteiger partial charge in [0.15, 0.2) is 0 Å². The van der Waals surface area contributed by atoms with E-state index in [-0.39, 0.29) is 11.9 Å². The summed E-state index contributed by atoms with van der Waals surface area (Å²) in [6, 6.07) is 9.76. The highest BCUT2D eigenvalue weighted by atomic mass is 79.9. The molecule has 1 aromatic heterocycles. The fourth-order valence-corrected chi connectivity index (χ4v) is 2.33. The number of halogens is 1. The Morgan fingerprint density at radius 1 is 1.32 bits per heavy atom. The van der Waals surface area contributed by atoms with Gasteiger partial charge in [-0.1, -0.05) is 24.3 Å². The molecule has 3 nitrogen and oxygen atoms in total. The molecule has 0 fully saturated rings. The van der Waals surface area contributed by atoms with Crippen molar-refractivity contribution in [2.24, 2.45) is 0 Å². The van der Waals surface area contributed by atoms with Crippen LogP contribution in [-0.2, 0) is 0 Å². The molecule has 1 amide bonds. The molecule has 2 aromatic rings. The molecule has 0 bridgehead atoms. The molecule has 98 valence electrons. The van der Waals surface area contributed by atoms with Crippen molar-refractivity contribution in [2.75, 3.05) is 0 Å². The molecular formula is C15H15BrN2O. The van der Waals surface area contributed by atoms with Crippen LogP contribution in [0.5, 0.6) is 0 Å². The lowest BCUT2D eigenvalue weighted by Crippen LogP contribution is -2.27. The number of hydrogen-bond acceptors (Lipinski definition) is 2. The van der Waals surface area contributed by atoms with E-state index >= 15 is 0 Å². The van der Waals surface area contributed by atoms with Crippen molar-refractivity contribution in [3.05, 3.63) is 63.9 Å². The van der Waals surface area contributed by atoms with Crippen LogP contribution in [0.25, 0.3) is 0 Å². The van der Waals surface area contributed by atoms with E-state index in [0.717, 1.165) is 10.0 Å². The molecule has 0 spiro atoms. The third-order valence-electron chi connectivity index (χ3n) is 2.97. The van der Waals surface area contributed by atoms with Crippen molar-refractivity contribution in [2.45, 2.75) is 19.9 Å². The van der Waals surface area contributed by atoms with Gasteiger partial charge in [0.1, 0.15) is 0 Å². The smallest absolute Gasteiger partial charge is 0.253 e. The second kappa shape index (κ2) is 5.97. The van der Waals surface area contributed by atoms with E-state index in [2.05, 4.69) is 26.2 Å². The molecule has 1 atom stereocenters. The summed E-state index contributed by atoms with van der Waals surface area (Å²) in [4.78, 5) is 16.1. The minimum Gasteiger partial charge on any atom is -0.345 e. The summed E-state index contributed by atoms with van der Waals surface area (Å²) in [6.45, 7) is 4.02. The van der Waals surface area contributed by atoms with E-state index in [0.29, 0.717) is 5.56 Å². The number of aryl methyl sites for hydroxylation is 1. The fourth-order valence-electron chi connectivity index (χ4n) is 1.97. The molecule has 1 unspecified atom stereocenters. The summed E-state index contributed by atoms with van der Waals surface area (Å²) in [6.07, 6.45) is 3.21. The van der Waals surface area contributed by atoms with E-state index < -0.39 is 0 Å². The number of nitrogens with one attached hydrogen (secondary N) is 1. The monoisotopic (exact) mass is 318 g/mol. The average Bonchev–Trinajstić information content (AvgIpc) is 2.39. The highest BCUT2D eigenvalue weighted by Gasteiger charge is 2.13. The summed E-state index contributed by atoms with van der Waals surface area (Å²) in [7, 11) is 0. The van der Waals surface area contributed by atoms with Crippen molar-refractivity contribution in [3.63, 3.8) is 0 Å². The number of rotatable bonds is 3. The minimum atomic E-state index is -0.121. The first-order valence-electron chi connectivity index (χ1n) is 6.05. The van der Waals surface area contributed by atoms with Crippen LogP contribution in [0.4, 0.5) is 0 Å². The Labute approximate surface area is 121 Å². The quantitative estimate of drug-likeness (QED) is 0.938. The zero-order valence-electron chi connectivity index (χ0n) is 10.9. The largest absolute Gasteiger partial charge is 0.345 e. The molecule has 1 N–H and O–H groups in total. The molecule has 0 aliphatic heterocycles. The molecular weight excluding hydrogens is 304 g/mol. The zero-order valence-corrected chi connectivity index (χ0v) is 12.4. The Morgan fingerprint density at radius 2 is 2.05 bits per heavy atom. The van der Waals surface area contributed by atoms with Gasteiger partial charge in [0.25, 0.3) is 5.91 Å². The van der Waals surface area contributed by atoms with Gasteiger partial charge in [0.2, 0.25) is 0 Å². The molecule has 4 heteroatoms. The second-order valence-corrected chi connectivity index (χ2v) is 5.36. The average molecular weight is 319 g/mol. The minimum absolute atomic E-state index is 0.0346. The van der Waals surface area contributed by atoms with Crippen LogP contribution in [0.1, 0.15) is 34.5 Å². The Morgan fingerprint density at radius 3 is 2.74 bits per heavy atom. The first kappa shape index (κ1) is 13.7. The van der Waals surface area contributed by atoms with Crippen LogP contribution in [0.15, 0.2) is 47.2 Å². The highest BCUT2D eigenvalue weighted by Crippen LogP contribution is 2.17. The van der Waals surface area contributed by atoms with Crippen molar-refractivity contribution in [1.29, 1.82) is 0 Å². The van der Waals surface area contributed by atoms with Gasteiger partial charge in [-0.2, -0.15) is 0 Å². The van der Waals surface area contributed by atoms with Gasteiger partial charge in [-0.3, -0.25) is 9.78 Å². The summed E-state index contributed by atoms with van der Waals surface area (Å²) in [5.41, 5.74) is 2.84. The topological polar surface area (TPSA) is 42.0 Å². The number of nitrogens with zero attached hydrogens (tertiary/aromatic N) is 1. The van der Waals surface area contributed by atoms with Crippen LogP contribution >= 0.6 is 15.9 Å². The summed E-state index contributed by atoms with van der Waals surface area (Å²) < 4.78 is 0.795. The number of benzene rings is 1. The predicted octanol–water partition coefficient (Wildman–Crippen LogP) is 3.64. The number of aromatic nitrogens is 1. The maximum atomic E-state index is 12.1. The number of carbonyl (C=O) groups excluding carboxylic acids is 1. The van der Waals surface area contributed by atoms with E-state index in [1.54, 1.807) is 18.5 Å². The molecule has 19 heavy (non-hydrogen) atoms. The summed E-state index contributed by atoms with van der Waals surface area (Å²) in [5.74, 6) is -0.121. The second-order valence-electron chi connectivity index (χ2n) is 4.44. The van der Waals surface area contributed by atoms with Gasteiger partial charge >= 0.3 is 0 Å². The van der Waals surface area contributed by atoms with E-state index in [1.165, 1.54) is 5.56 Å². The van der Waals surface area contributed by atoms with Gasteiger partial charge in [-0.05, 0) is 47.0 Å².